The molecule has 0 aliphatic rings. The van der Waals surface area contributed by atoms with Crippen molar-refractivity contribution in [3.63, 3.8) is 0 Å². The Hall–Kier alpha value is -0.980. The fraction of sp³-hybridized carbons (Fsp3) is 0.167. The Kier molecular flexibility index (Phi) is 6.99. The summed E-state index contributed by atoms with van der Waals surface area (Å²) >= 11 is 9.89. The van der Waals surface area contributed by atoms with E-state index in [2.05, 4.69) is 28.7 Å². The second-order valence-electron chi connectivity index (χ2n) is 5.19. The molecular weight excluding hydrogens is 441 g/mol. The van der Waals surface area contributed by atoms with Gasteiger partial charge >= 0.3 is 0 Å². The molecule has 5 heteroatoms. The van der Waals surface area contributed by atoms with Crippen molar-refractivity contribution in [2.75, 3.05) is 19.8 Å². The smallest absolute Gasteiger partial charge is 0.175 e. The topological polar surface area (TPSA) is 20.3 Å². The molecule has 0 saturated carbocycles. The number of hydrogen-bond acceptors (Lipinski definition) is 3. The first-order valence-corrected chi connectivity index (χ1v) is 9.45. The highest BCUT2D eigenvalue weighted by atomic mass is 127. The lowest BCUT2D eigenvalue weighted by molar-refractivity contribution is -0.111. The fourth-order valence-electron chi connectivity index (χ4n) is 2.01. The van der Waals surface area contributed by atoms with Gasteiger partial charge in [-0.05, 0) is 58.5 Å². The van der Waals surface area contributed by atoms with E-state index in [0.717, 1.165) is 10.5 Å². The maximum atomic E-state index is 12.7. The van der Waals surface area contributed by atoms with Gasteiger partial charge in [0.25, 0.3) is 0 Å². The van der Waals surface area contributed by atoms with Crippen LogP contribution in [0.15, 0.2) is 59.6 Å². The molecule has 2 aromatic rings. The summed E-state index contributed by atoms with van der Waals surface area (Å²) in [6, 6.07) is 15.5. The Morgan fingerprint density at radius 3 is 2.61 bits per heavy atom. The van der Waals surface area contributed by atoms with Crippen molar-refractivity contribution >= 4 is 57.3 Å². The van der Waals surface area contributed by atoms with E-state index in [1.165, 1.54) is 3.57 Å². The predicted molar refractivity (Wildman–Crippen MR) is 108 cm³/mol. The van der Waals surface area contributed by atoms with Crippen LogP contribution in [-0.2, 0) is 4.79 Å². The average molecular weight is 458 g/mol. The van der Waals surface area contributed by atoms with Crippen LogP contribution < -0.4 is 0 Å². The van der Waals surface area contributed by atoms with Gasteiger partial charge in [0.15, 0.2) is 5.78 Å². The summed E-state index contributed by atoms with van der Waals surface area (Å²) in [5, 5.41) is 0.630. The number of allylic oxidation sites excluding steroid dienone is 1. The lowest BCUT2D eigenvalue weighted by Gasteiger charge is -2.12. The Labute approximate surface area is 160 Å². The van der Waals surface area contributed by atoms with Crippen LogP contribution in [0.25, 0.3) is 5.57 Å². The molecular formula is C18H17ClINOS. The van der Waals surface area contributed by atoms with Crippen molar-refractivity contribution in [2.24, 2.45) is 0 Å². The van der Waals surface area contributed by atoms with Crippen LogP contribution in [-0.4, -0.2) is 30.5 Å². The average Bonchev–Trinajstić information content (AvgIpc) is 2.50. The van der Waals surface area contributed by atoms with E-state index in [4.69, 9.17) is 11.6 Å². The summed E-state index contributed by atoms with van der Waals surface area (Å²) < 4.78 is 1.17. The molecule has 0 amide bonds. The van der Waals surface area contributed by atoms with E-state index < -0.39 is 0 Å². The van der Waals surface area contributed by atoms with Crippen molar-refractivity contribution in [3.8, 4) is 0 Å². The molecule has 0 aliphatic heterocycles. The molecule has 0 aliphatic carbocycles. The van der Waals surface area contributed by atoms with E-state index in [1.54, 1.807) is 11.8 Å². The number of carbonyl (C=O) groups is 1. The maximum absolute atomic E-state index is 12.7. The van der Waals surface area contributed by atoms with Gasteiger partial charge < -0.3 is 4.90 Å². The quantitative estimate of drug-likeness (QED) is 0.337. The minimum Gasteiger partial charge on any atom is -0.383 e. The minimum atomic E-state index is 0.0878. The highest BCUT2D eigenvalue weighted by molar-refractivity contribution is 14.1. The molecule has 0 N–H and O–H groups in total. The van der Waals surface area contributed by atoms with E-state index in [-0.39, 0.29) is 5.78 Å². The van der Waals surface area contributed by atoms with Crippen molar-refractivity contribution in [2.45, 2.75) is 4.90 Å². The largest absolute Gasteiger partial charge is 0.383 e. The van der Waals surface area contributed by atoms with Gasteiger partial charge in [0.2, 0.25) is 0 Å². The Bertz CT molecular complexity index is 730. The maximum Gasteiger partial charge on any atom is 0.175 e. The van der Waals surface area contributed by atoms with Crippen LogP contribution in [0.3, 0.4) is 0 Å². The summed E-state index contributed by atoms with van der Waals surface area (Å²) in [5.41, 5.74) is 1.52. The van der Waals surface area contributed by atoms with Crippen molar-refractivity contribution < 1.29 is 4.79 Å². The number of halogens is 2. The molecule has 2 nitrogen and oxygen atoms in total. The van der Waals surface area contributed by atoms with Crippen LogP contribution in [0.1, 0.15) is 5.56 Å². The minimum absolute atomic E-state index is 0.0878. The summed E-state index contributed by atoms with van der Waals surface area (Å²) in [7, 11) is 3.81. The molecule has 0 unspecified atom stereocenters. The van der Waals surface area contributed by atoms with Gasteiger partial charge in [0.05, 0.1) is 5.75 Å². The van der Waals surface area contributed by atoms with E-state index in [0.29, 0.717) is 16.3 Å². The SMILES string of the molecule is CN(C)/C=C(/C(=O)CSc1cccc(I)c1)c1cccc(Cl)c1. The molecule has 0 bridgehead atoms. The molecule has 23 heavy (non-hydrogen) atoms. The second kappa shape index (κ2) is 8.76. The zero-order valence-corrected chi connectivity index (χ0v) is 16.7. The van der Waals surface area contributed by atoms with Crippen LogP contribution in [0.5, 0.6) is 0 Å². The number of hydrogen-bond donors (Lipinski definition) is 0. The first-order chi connectivity index (χ1) is 11.0. The number of benzene rings is 2. The van der Waals surface area contributed by atoms with Crippen molar-refractivity contribution in [1.82, 2.24) is 4.90 Å². The molecule has 0 saturated heterocycles. The Morgan fingerprint density at radius 1 is 1.22 bits per heavy atom. The van der Waals surface area contributed by atoms with Gasteiger partial charge in [-0.15, -0.1) is 11.8 Å². The van der Waals surface area contributed by atoms with Gasteiger partial charge in [-0.2, -0.15) is 0 Å². The summed E-state index contributed by atoms with van der Waals surface area (Å²) in [6.45, 7) is 0. The Balaban J connectivity index is 2.18. The number of nitrogens with zero attached hydrogens (tertiary/aromatic N) is 1. The molecule has 0 aromatic heterocycles. The van der Waals surface area contributed by atoms with Crippen LogP contribution in [0.4, 0.5) is 0 Å². The number of ketones is 1. The summed E-state index contributed by atoms with van der Waals surface area (Å²) in [6.07, 6.45) is 1.85. The lowest BCUT2D eigenvalue weighted by atomic mass is 10.0. The van der Waals surface area contributed by atoms with E-state index in [1.807, 2.05) is 67.7 Å². The fourth-order valence-corrected chi connectivity index (χ4v) is 3.79. The number of Topliss-reactive ketones (excluding diaryl/α,β-unsaturated/α-hetero) is 1. The number of thioether (sulfide) groups is 1. The van der Waals surface area contributed by atoms with Gasteiger partial charge in [-0.25, -0.2) is 0 Å². The monoisotopic (exact) mass is 457 g/mol. The van der Waals surface area contributed by atoms with Crippen LogP contribution in [0, 0.1) is 3.57 Å². The van der Waals surface area contributed by atoms with E-state index >= 15 is 0 Å². The van der Waals surface area contributed by atoms with Gasteiger partial charge in [-0.1, -0.05) is 29.8 Å². The lowest BCUT2D eigenvalue weighted by Crippen LogP contribution is -2.10. The Morgan fingerprint density at radius 2 is 1.96 bits per heavy atom. The first kappa shape index (κ1) is 18.4. The van der Waals surface area contributed by atoms with Gasteiger partial charge in [0.1, 0.15) is 0 Å². The number of rotatable bonds is 6. The van der Waals surface area contributed by atoms with Crippen LogP contribution >= 0.6 is 46.0 Å². The molecule has 0 spiro atoms. The van der Waals surface area contributed by atoms with E-state index in [9.17, 15) is 4.79 Å². The second-order valence-corrected chi connectivity index (χ2v) is 7.92. The molecule has 2 aromatic carbocycles. The third-order valence-corrected chi connectivity index (χ3v) is 4.89. The normalized spacial score (nSPS) is 11.4. The van der Waals surface area contributed by atoms with Crippen LogP contribution in [0.2, 0.25) is 5.02 Å². The highest BCUT2D eigenvalue weighted by Gasteiger charge is 2.13. The van der Waals surface area contributed by atoms with Crippen molar-refractivity contribution in [1.29, 1.82) is 0 Å². The molecule has 0 heterocycles. The predicted octanol–water partition coefficient (Wildman–Crippen LogP) is 5.21. The van der Waals surface area contributed by atoms with Gasteiger partial charge in [-0.3, -0.25) is 4.79 Å². The van der Waals surface area contributed by atoms with Gasteiger partial charge in [0, 0.05) is 39.4 Å². The molecule has 0 atom stereocenters. The summed E-state index contributed by atoms with van der Waals surface area (Å²) in [4.78, 5) is 15.7. The summed E-state index contributed by atoms with van der Waals surface area (Å²) in [5.74, 6) is 0.483. The molecule has 0 radical (unpaired) electrons. The zero-order valence-electron chi connectivity index (χ0n) is 12.9. The standard InChI is InChI=1S/C18H17ClINOS/c1-21(2)11-17(13-5-3-6-14(19)9-13)18(22)12-23-16-8-4-7-15(20)10-16/h3-11H,12H2,1-2H3/b17-11+. The zero-order chi connectivity index (χ0) is 16.8. The third-order valence-electron chi connectivity index (χ3n) is 2.99. The van der Waals surface area contributed by atoms with Crippen molar-refractivity contribution in [3.05, 3.63) is 68.9 Å². The highest BCUT2D eigenvalue weighted by Crippen LogP contribution is 2.25. The molecule has 0 fully saturated rings. The third kappa shape index (κ3) is 5.86. The molecule has 120 valence electrons. The first-order valence-electron chi connectivity index (χ1n) is 7.01. The molecule has 2 rings (SSSR count). The number of carbonyl (C=O) groups excluding carboxylic acids is 1.